The Hall–Kier alpha value is -3.77. The van der Waals surface area contributed by atoms with Gasteiger partial charge in [-0.2, -0.15) is 0 Å². The second kappa shape index (κ2) is 11.5. The first-order valence-corrected chi connectivity index (χ1v) is 15.1. The van der Waals surface area contributed by atoms with Crippen molar-refractivity contribution in [3.8, 4) is 11.4 Å². The minimum Gasteiger partial charge on any atom is -0.373 e. The Bertz CT molecular complexity index is 1520. The average Bonchev–Trinajstić information content (AvgIpc) is 3.69. The van der Waals surface area contributed by atoms with Crippen LogP contribution in [0.25, 0.3) is 22.3 Å². The number of nitrogens with two attached hydrogens (primary N) is 1. The third kappa shape index (κ3) is 5.65. The zero-order valence-corrected chi connectivity index (χ0v) is 24.1. The number of hydrogen-bond acceptors (Lipinski definition) is 10. The molecule has 1 aliphatic carbocycles. The molecule has 2 aliphatic heterocycles. The summed E-state index contributed by atoms with van der Waals surface area (Å²) in [5.41, 5.74) is 10.6. The quantitative estimate of drug-likeness (QED) is 0.201. The lowest BCUT2D eigenvalue weighted by molar-refractivity contribution is 0.0982. The lowest BCUT2D eigenvalue weighted by Gasteiger charge is -2.42. The zero-order valence-electron chi connectivity index (χ0n) is 24.1. The lowest BCUT2D eigenvalue weighted by Crippen LogP contribution is -2.52. The number of fused-ring (bicyclic) bond motifs is 1. The third-order valence-corrected chi connectivity index (χ3v) is 8.84. The number of aromatic nitrogens is 4. The number of likely N-dealkylation sites (N-methyl/N-ethyl adjacent to an activating group) is 1. The summed E-state index contributed by atoms with van der Waals surface area (Å²) >= 11 is 0. The smallest absolute Gasteiger partial charge is 0.158 e. The number of anilines is 4. The van der Waals surface area contributed by atoms with Gasteiger partial charge in [0.15, 0.2) is 11.6 Å². The highest BCUT2D eigenvalue weighted by molar-refractivity contribution is 5.94. The monoisotopic (exact) mass is 568 g/mol. The highest BCUT2D eigenvalue weighted by Gasteiger charge is 2.28. The third-order valence-electron chi connectivity index (χ3n) is 8.84. The number of hydrogen-bond donors (Lipinski definition) is 5. The van der Waals surface area contributed by atoms with Crippen LogP contribution in [0.3, 0.4) is 0 Å². The zero-order chi connectivity index (χ0) is 28.6. The van der Waals surface area contributed by atoms with Crippen molar-refractivity contribution in [2.75, 3.05) is 61.8 Å². The van der Waals surface area contributed by atoms with Gasteiger partial charge in [-0.3, -0.25) is 9.88 Å². The molecule has 3 fully saturated rings. The predicted octanol–water partition coefficient (Wildman–Crippen LogP) is 3.50. The molecule has 4 aromatic rings. The summed E-state index contributed by atoms with van der Waals surface area (Å²) in [4.78, 5) is 25.2. The van der Waals surface area contributed by atoms with Crippen molar-refractivity contribution < 1.29 is 5.11 Å². The van der Waals surface area contributed by atoms with Crippen LogP contribution in [0.4, 0.5) is 23.0 Å². The largest absolute Gasteiger partial charge is 0.373 e. The van der Waals surface area contributed by atoms with E-state index in [2.05, 4.69) is 66.6 Å². The first-order valence-electron chi connectivity index (χ1n) is 15.1. The van der Waals surface area contributed by atoms with E-state index in [0.29, 0.717) is 35.1 Å². The maximum Gasteiger partial charge on any atom is 0.158 e. The first kappa shape index (κ1) is 27.1. The van der Waals surface area contributed by atoms with Crippen LogP contribution in [0.15, 0.2) is 48.8 Å². The Morgan fingerprint density at radius 1 is 0.905 bits per heavy atom. The first-order chi connectivity index (χ1) is 20.5. The number of aliphatic hydroxyl groups is 1. The number of aliphatic hydroxyl groups excluding tert-OH is 1. The highest BCUT2D eigenvalue weighted by Crippen LogP contribution is 2.36. The van der Waals surface area contributed by atoms with Gasteiger partial charge in [-0.15, -0.1) is 0 Å². The Kier molecular flexibility index (Phi) is 7.41. The second-order valence-electron chi connectivity index (χ2n) is 11.8. The maximum absolute atomic E-state index is 10.5. The molecule has 3 aliphatic rings. The van der Waals surface area contributed by atoms with Crippen molar-refractivity contribution in [1.82, 2.24) is 29.7 Å². The molecule has 42 heavy (non-hydrogen) atoms. The summed E-state index contributed by atoms with van der Waals surface area (Å²) in [5, 5.41) is 18.4. The van der Waals surface area contributed by atoms with Gasteiger partial charge in [-0.25, -0.2) is 9.97 Å². The number of aromatic amines is 1. The number of H-pyrrole nitrogens is 1. The molecule has 11 heteroatoms. The lowest BCUT2D eigenvalue weighted by atomic mass is 10.0. The molecule has 2 saturated heterocycles. The Morgan fingerprint density at radius 3 is 2.38 bits per heavy atom. The predicted molar refractivity (Wildman–Crippen MR) is 167 cm³/mol. The molecule has 1 saturated carbocycles. The topological polar surface area (TPSA) is 134 Å². The summed E-state index contributed by atoms with van der Waals surface area (Å²) < 4.78 is 0. The van der Waals surface area contributed by atoms with Crippen LogP contribution in [0.1, 0.15) is 37.6 Å². The molecule has 0 bridgehead atoms. The molecular formula is C31H40N10O. The van der Waals surface area contributed by atoms with Crippen LogP contribution in [-0.2, 0) is 0 Å². The Morgan fingerprint density at radius 2 is 1.67 bits per heavy atom. The van der Waals surface area contributed by atoms with Crippen molar-refractivity contribution in [2.24, 2.45) is 5.73 Å². The molecule has 0 radical (unpaired) electrons. The van der Waals surface area contributed by atoms with Gasteiger partial charge in [0.25, 0.3) is 0 Å². The number of nitrogens with one attached hydrogen (secondary N) is 3. The molecule has 220 valence electrons. The Labute approximate surface area is 246 Å². The fourth-order valence-corrected chi connectivity index (χ4v) is 6.17. The number of nitrogens with zero attached hydrogens (tertiary/aromatic N) is 6. The number of piperazine rings is 1. The molecule has 1 atom stereocenters. The van der Waals surface area contributed by atoms with E-state index in [9.17, 15) is 5.11 Å². The van der Waals surface area contributed by atoms with E-state index in [0.717, 1.165) is 42.5 Å². The van der Waals surface area contributed by atoms with Gasteiger partial charge in [0.05, 0.1) is 0 Å². The molecule has 1 aromatic carbocycles. The highest BCUT2D eigenvalue weighted by atomic mass is 16.3. The molecule has 3 aromatic heterocycles. The summed E-state index contributed by atoms with van der Waals surface area (Å²) in [7, 11) is 2.21. The molecule has 0 amide bonds. The van der Waals surface area contributed by atoms with E-state index in [4.69, 9.17) is 15.7 Å². The maximum atomic E-state index is 10.5. The summed E-state index contributed by atoms with van der Waals surface area (Å²) in [6.07, 6.45) is 6.89. The van der Waals surface area contributed by atoms with Crippen molar-refractivity contribution >= 4 is 33.9 Å². The van der Waals surface area contributed by atoms with Crippen molar-refractivity contribution in [3.05, 3.63) is 54.5 Å². The van der Waals surface area contributed by atoms with Crippen LogP contribution in [0.2, 0.25) is 0 Å². The van der Waals surface area contributed by atoms with E-state index >= 15 is 0 Å². The average molecular weight is 569 g/mol. The van der Waals surface area contributed by atoms with Crippen molar-refractivity contribution in [2.45, 2.75) is 44.0 Å². The molecule has 0 spiro atoms. The number of pyridine rings is 1. The van der Waals surface area contributed by atoms with E-state index in [1.165, 1.54) is 44.7 Å². The molecule has 6 N–H and O–H groups in total. The molecular weight excluding hydrogens is 528 g/mol. The van der Waals surface area contributed by atoms with Crippen LogP contribution < -0.4 is 21.3 Å². The van der Waals surface area contributed by atoms with E-state index in [1.54, 1.807) is 6.20 Å². The fourth-order valence-electron chi connectivity index (χ4n) is 6.17. The molecule has 7 rings (SSSR count). The van der Waals surface area contributed by atoms with Crippen LogP contribution in [0, 0.1) is 0 Å². The second-order valence-corrected chi connectivity index (χ2v) is 11.8. The minimum absolute atomic E-state index is 0.274. The normalized spacial score (nSPS) is 19.7. The van der Waals surface area contributed by atoms with E-state index in [-0.39, 0.29) is 5.69 Å². The summed E-state index contributed by atoms with van der Waals surface area (Å²) in [5.74, 6) is 1.06. The van der Waals surface area contributed by atoms with Gasteiger partial charge in [0.2, 0.25) is 0 Å². The van der Waals surface area contributed by atoms with Gasteiger partial charge in [0, 0.05) is 86.0 Å². The Balaban J connectivity index is 1.10. The van der Waals surface area contributed by atoms with Crippen molar-refractivity contribution in [1.29, 1.82) is 0 Å². The van der Waals surface area contributed by atoms with Gasteiger partial charge in [-0.05, 0) is 69.1 Å². The summed E-state index contributed by atoms with van der Waals surface area (Å²) in [6, 6.07) is 13.4. The molecule has 5 heterocycles. The van der Waals surface area contributed by atoms with E-state index < -0.39 is 6.23 Å². The molecule has 11 nitrogen and oxygen atoms in total. The van der Waals surface area contributed by atoms with Crippen LogP contribution in [0.5, 0.6) is 0 Å². The molecule has 1 unspecified atom stereocenters. The number of benzene rings is 1. The van der Waals surface area contributed by atoms with Crippen LogP contribution >= 0.6 is 0 Å². The fraction of sp³-hybridized carbons (Fsp3) is 0.452. The van der Waals surface area contributed by atoms with Gasteiger partial charge in [0.1, 0.15) is 23.3 Å². The number of rotatable bonds is 8. The minimum atomic E-state index is -1.31. The van der Waals surface area contributed by atoms with Gasteiger partial charge in [-0.1, -0.05) is 0 Å². The van der Waals surface area contributed by atoms with Gasteiger partial charge < -0.3 is 36.3 Å². The van der Waals surface area contributed by atoms with Crippen molar-refractivity contribution in [3.63, 3.8) is 0 Å². The standard InChI is InChI=1S/C31H40N10O/c1-39-16-18-41(19-17-39)23-10-14-40(15-11-23)22-6-4-21(5-7-22)36-31-28(29(32)42)37-27(30(38-31)35-20-2-3-20)26-24-8-12-33-25(24)9-13-34-26/h4-9,12-13,20,23,29,33,42H,2-3,10-11,14-19,32H2,1H3,(H2,35,36,38). The SMILES string of the molecule is CN1CCN(C2CCN(c3ccc(Nc4nc(NC5CC5)c(-c5nccc6[nH]ccc56)nc4C(N)O)cc3)CC2)CC1. The number of piperidine rings is 1. The van der Waals surface area contributed by atoms with Gasteiger partial charge >= 0.3 is 0 Å². The van der Waals surface area contributed by atoms with Crippen LogP contribution in [-0.4, -0.2) is 93.2 Å². The van der Waals surface area contributed by atoms with E-state index in [1.807, 2.05) is 18.3 Å². The summed E-state index contributed by atoms with van der Waals surface area (Å²) in [6.45, 7) is 6.84.